The number of methoxy groups -OCH3 is 1. The number of hydrogen-bond acceptors (Lipinski definition) is 4. The zero-order chi connectivity index (χ0) is 14.6. The maximum absolute atomic E-state index is 12.2. The van der Waals surface area contributed by atoms with E-state index < -0.39 is 10.0 Å². The van der Waals surface area contributed by atoms with Gasteiger partial charge in [0.2, 0.25) is 10.0 Å². The summed E-state index contributed by atoms with van der Waals surface area (Å²) in [7, 11) is -1.72. The molecule has 1 saturated heterocycles. The highest BCUT2D eigenvalue weighted by Gasteiger charge is 2.34. The summed E-state index contributed by atoms with van der Waals surface area (Å²) >= 11 is 0. The van der Waals surface area contributed by atoms with E-state index in [9.17, 15) is 8.42 Å². The molecule has 0 aliphatic carbocycles. The molecule has 0 spiro atoms. The number of hydrogen-bond donors (Lipinski definition) is 1. The van der Waals surface area contributed by atoms with Crippen LogP contribution < -0.4 is 4.72 Å². The second-order valence-corrected chi connectivity index (χ2v) is 6.85. The van der Waals surface area contributed by atoms with Crippen molar-refractivity contribution in [2.45, 2.75) is 24.8 Å². The zero-order valence-corrected chi connectivity index (χ0v) is 12.8. The first kappa shape index (κ1) is 15.4. The molecule has 2 atom stereocenters. The van der Waals surface area contributed by atoms with E-state index >= 15 is 0 Å². The van der Waals surface area contributed by atoms with E-state index in [4.69, 9.17) is 4.74 Å². The van der Waals surface area contributed by atoms with E-state index in [1.165, 1.54) is 0 Å². The molecule has 1 fully saturated rings. The molecular weight excluding hydrogens is 276 g/mol. The Morgan fingerprint density at radius 3 is 2.60 bits per heavy atom. The Bertz CT molecular complexity index is 518. The minimum absolute atomic E-state index is 0.00684. The average Bonchev–Trinajstić information content (AvgIpc) is 2.80. The highest BCUT2D eigenvalue weighted by atomic mass is 32.2. The van der Waals surface area contributed by atoms with Crippen molar-refractivity contribution in [2.24, 2.45) is 0 Å². The number of ether oxygens (including phenoxy) is 1. The Kier molecular flexibility index (Phi) is 5.15. The van der Waals surface area contributed by atoms with Crippen LogP contribution in [0.5, 0.6) is 0 Å². The lowest BCUT2D eigenvalue weighted by Crippen LogP contribution is -2.44. The van der Waals surface area contributed by atoms with Crippen molar-refractivity contribution < 1.29 is 13.2 Å². The third-order valence-electron chi connectivity index (χ3n) is 3.62. The van der Waals surface area contributed by atoms with Crippen molar-refractivity contribution in [1.29, 1.82) is 0 Å². The van der Waals surface area contributed by atoms with Gasteiger partial charge in [0.15, 0.2) is 0 Å². The van der Waals surface area contributed by atoms with E-state index in [-0.39, 0.29) is 17.9 Å². The molecule has 0 saturated carbocycles. The van der Waals surface area contributed by atoms with Gasteiger partial charge < -0.3 is 4.74 Å². The molecule has 1 aromatic carbocycles. The van der Waals surface area contributed by atoms with E-state index in [2.05, 4.69) is 16.5 Å². The summed E-state index contributed by atoms with van der Waals surface area (Å²) in [6.07, 6.45) is -0.0829. The predicted octanol–water partition coefficient (Wildman–Crippen LogP) is 0.825. The number of likely N-dealkylation sites (N-methyl/N-ethyl adjacent to an activating group) is 1. The molecule has 1 N–H and O–H groups in total. The van der Waals surface area contributed by atoms with Crippen LogP contribution in [0.25, 0.3) is 0 Å². The Morgan fingerprint density at radius 2 is 2.00 bits per heavy atom. The Balaban J connectivity index is 2.01. The maximum Gasteiger partial charge on any atom is 0.216 e. The molecule has 0 bridgehead atoms. The number of nitrogens with zero attached hydrogens (tertiary/aromatic N) is 1. The molecule has 0 amide bonds. The van der Waals surface area contributed by atoms with Crippen LogP contribution in [0.3, 0.4) is 0 Å². The fraction of sp³-hybridized carbons (Fsp3) is 0.571. The number of rotatable bonds is 6. The van der Waals surface area contributed by atoms with Crippen LogP contribution >= 0.6 is 0 Å². The number of benzene rings is 1. The average molecular weight is 298 g/mol. The molecule has 0 unspecified atom stereocenters. The topological polar surface area (TPSA) is 58.6 Å². The van der Waals surface area contributed by atoms with E-state index in [1.807, 2.05) is 30.3 Å². The maximum atomic E-state index is 12.2. The summed E-state index contributed by atoms with van der Waals surface area (Å²) in [6.45, 7) is 4.43. The van der Waals surface area contributed by atoms with Crippen molar-refractivity contribution in [3.05, 3.63) is 35.9 Å². The van der Waals surface area contributed by atoms with Crippen LogP contribution in [-0.2, 0) is 20.5 Å². The lowest BCUT2D eigenvalue weighted by molar-refractivity contribution is 0.0954. The lowest BCUT2D eigenvalue weighted by Gasteiger charge is -2.18. The third kappa shape index (κ3) is 4.02. The fourth-order valence-corrected chi connectivity index (χ4v) is 3.93. The van der Waals surface area contributed by atoms with Crippen molar-refractivity contribution in [3.63, 3.8) is 0 Å². The van der Waals surface area contributed by atoms with Crippen LogP contribution in [0, 0.1) is 0 Å². The largest absolute Gasteiger partial charge is 0.378 e. The van der Waals surface area contributed by atoms with Crippen LogP contribution in [0.1, 0.15) is 12.5 Å². The molecule has 20 heavy (non-hydrogen) atoms. The highest BCUT2D eigenvalue weighted by molar-refractivity contribution is 7.88. The van der Waals surface area contributed by atoms with Crippen LogP contribution in [0.15, 0.2) is 30.3 Å². The predicted molar refractivity (Wildman–Crippen MR) is 78.9 cm³/mol. The first-order valence-electron chi connectivity index (χ1n) is 6.83. The Morgan fingerprint density at radius 1 is 1.30 bits per heavy atom. The van der Waals surface area contributed by atoms with Gasteiger partial charge in [-0.25, -0.2) is 13.1 Å². The van der Waals surface area contributed by atoms with Crippen LogP contribution in [0.2, 0.25) is 0 Å². The van der Waals surface area contributed by atoms with E-state index in [0.29, 0.717) is 6.54 Å². The van der Waals surface area contributed by atoms with Gasteiger partial charge in [0.1, 0.15) is 0 Å². The monoisotopic (exact) mass is 298 g/mol. The Hall–Kier alpha value is -0.950. The molecule has 0 radical (unpaired) electrons. The molecule has 2 rings (SSSR count). The fourth-order valence-electron chi connectivity index (χ4n) is 2.53. The van der Waals surface area contributed by atoms with Gasteiger partial charge in [0.25, 0.3) is 0 Å². The first-order chi connectivity index (χ1) is 9.54. The minimum Gasteiger partial charge on any atom is -0.378 e. The van der Waals surface area contributed by atoms with Crippen LogP contribution in [-0.4, -0.2) is 52.2 Å². The van der Waals surface area contributed by atoms with Gasteiger partial charge in [0, 0.05) is 20.2 Å². The molecule has 0 aromatic heterocycles. The molecule has 1 heterocycles. The first-order valence-corrected chi connectivity index (χ1v) is 8.48. The van der Waals surface area contributed by atoms with Gasteiger partial charge in [-0.1, -0.05) is 37.3 Å². The quantitative estimate of drug-likeness (QED) is 0.845. The summed E-state index contributed by atoms with van der Waals surface area (Å²) in [6, 6.07) is 9.03. The van der Waals surface area contributed by atoms with E-state index in [0.717, 1.165) is 18.7 Å². The van der Waals surface area contributed by atoms with Crippen molar-refractivity contribution >= 4 is 10.0 Å². The summed E-state index contributed by atoms with van der Waals surface area (Å²) in [5, 5.41) is 0. The molecule has 1 aromatic rings. The molecule has 5 nitrogen and oxygen atoms in total. The zero-order valence-electron chi connectivity index (χ0n) is 12.0. The van der Waals surface area contributed by atoms with Crippen LogP contribution in [0.4, 0.5) is 0 Å². The van der Waals surface area contributed by atoms with Gasteiger partial charge in [-0.2, -0.15) is 0 Å². The van der Waals surface area contributed by atoms with Crippen molar-refractivity contribution in [1.82, 2.24) is 9.62 Å². The molecule has 1 aliphatic heterocycles. The number of nitrogens with one attached hydrogen (secondary N) is 1. The Labute approximate surface area is 121 Å². The van der Waals surface area contributed by atoms with Crippen molar-refractivity contribution in [3.8, 4) is 0 Å². The van der Waals surface area contributed by atoms with Gasteiger partial charge in [0.05, 0.1) is 17.9 Å². The second-order valence-electron chi connectivity index (χ2n) is 5.10. The lowest BCUT2D eigenvalue weighted by atomic mass is 10.2. The van der Waals surface area contributed by atoms with Gasteiger partial charge >= 0.3 is 0 Å². The number of sulfonamides is 1. The van der Waals surface area contributed by atoms with E-state index in [1.54, 1.807) is 7.11 Å². The molecule has 112 valence electrons. The highest BCUT2D eigenvalue weighted by Crippen LogP contribution is 2.15. The second kappa shape index (κ2) is 6.67. The summed E-state index contributed by atoms with van der Waals surface area (Å²) in [5.41, 5.74) is 0.791. The summed E-state index contributed by atoms with van der Waals surface area (Å²) < 4.78 is 32.6. The van der Waals surface area contributed by atoms with Gasteiger partial charge in [-0.3, -0.25) is 4.90 Å². The standard InChI is InChI=1S/C14H22N2O3S/c1-3-16-9-13(14(10-16)19-2)15-20(17,18)11-12-7-5-4-6-8-12/h4-8,13-15H,3,9-11H2,1-2H3/t13-,14-/m0/s1. The normalized spacial score (nSPS) is 24.1. The molecular formula is C14H22N2O3S. The molecule has 1 aliphatic rings. The minimum atomic E-state index is -3.35. The smallest absolute Gasteiger partial charge is 0.216 e. The molecule has 6 heteroatoms. The third-order valence-corrected chi connectivity index (χ3v) is 5.00. The SMILES string of the molecule is CCN1C[C@H](NS(=O)(=O)Cc2ccccc2)[C@@H](OC)C1. The van der Waals surface area contributed by atoms with Gasteiger partial charge in [-0.15, -0.1) is 0 Å². The summed E-state index contributed by atoms with van der Waals surface area (Å²) in [4.78, 5) is 2.18. The summed E-state index contributed by atoms with van der Waals surface area (Å²) in [5.74, 6) is 0.00684. The van der Waals surface area contributed by atoms with Gasteiger partial charge in [-0.05, 0) is 12.1 Å². The number of likely N-dealkylation sites (tertiary alicyclic amines) is 1. The van der Waals surface area contributed by atoms with Crippen molar-refractivity contribution in [2.75, 3.05) is 26.7 Å².